The smallest absolute Gasteiger partial charge is 0.336 e. The zero-order chi connectivity index (χ0) is 17.6. The number of nitrogens with zero attached hydrogens (tertiary/aromatic N) is 1. The fourth-order valence-corrected chi connectivity index (χ4v) is 3.57. The lowest BCUT2D eigenvalue weighted by Crippen LogP contribution is -2.40. The Hall–Kier alpha value is -2.24. The lowest BCUT2D eigenvalue weighted by atomic mass is 10.0. The quantitative estimate of drug-likeness (QED) is 0.658. The topological polar surface area (TPSA) is 55.8 Å². The number of ether oxygens (including phenoxy) is 1. The average Bonchev–Trinajstić information content (AvgIpc) is 3.09. The molecule has 0 radical (unpaired) electrons. The second-order valence-corrected chi connectivity index (χ2v) is 6.85. The van der Waals surface area contributed by atoms with Crippen molar-refractivity contribution in [2.75, 3.05) is 6.73 Å². The van der Waals surface area contributed by atoms with Crippen LogP contribution in [0.3, 0.4) is 0 Å². The maximum atomic E-state index is 11.8. The number of rotatable bonds is 3. The molecule has 130 valence electrons. The summed E-state index contributed by atoms with van der Waals surface area (Å²) in [6.45, 7) is 5.02. The zero-order valence-electron chi connectivity index (χ0n) is 14.0. The fraction of sp³-hybridized carbons (Fsp3) is 0.316. The van der Waals surface area contributed by atoms with Crippen LogP contribution < -0.4 is 10.4 Å². The number of halogens is 1. The molecule has 2 aromatic heterocycles. The molecule has 1 unspecified atom stereocenters. The molecule has 4 rings (SSSR count). The molecule has 3 aromatic rings. The molecule has 0 amide bonds. The largest absolute Gasteiger partial charge is 0.476 e. The van der Waals surface area contributed by atoms with Crippen molar-refractivity contribution in [3.63, 3.8) is 0 Å². The van der Waals surface area contributed by atoms with Crippen LogP contribution in [-0.2, 0) is 13.0 Å². The third-order valence-electron chi connectivity index (χ3n) is 4.68. The van der Waals surface area contributed by atoms with Gasteiger partial charge in [-0.3, -0.25) is 4.90 Å². The van der Waals surface area contributed by atoms with Gasteiger partial charge in [0.25, 0.3) is 0 Å². The Morgan fingerprint density at radius 1 is 1.36 bits per heavy atom. The lowest BCUT2D eigenvalue weighted by Gasteiger charge is -2.33. The first-order chi connectivity index (χ1) is 12.0. The first-order valence-electron chi connectivity index (χ1n) is 8.18. The molecule has 0 spiro atoms. The molecule has 3 heterocycles. The highest BCUT2D eigenvalue weighted by Gasteiger charge is 2.27. The van der Waals surface area contributed by atoms with E-state index in [1.54, 1.807) is 12.3 Å². The predicted molar refractivity (Wildman–Crippen MR) is 95.1 cm³/mol. The first-order valence-corrected chi connectivity index (χ1v) is 8.56. The summed E-state index contributed by atoms with van der Waals surface area (Å²) in [5.74, 6) is 1.53. The molecule has 5 nitrogen and oxygen atoms in total. The molecular weight excluding hydrogens is 342 g/mol. The third-order valence-corrected chi connectivity index (χ3v) is 4.96. The van der Waals surface area contributed by atoms with E-state index in [9.17, 15) is 4.79 Å². The molecule has 1 aliphatic heterocycles. The molecule has 6 heteroatoms. The third kappa shape index (κ3) is 2.94. The summed E-state index contributed by atoms with van der Waals surface area (Å²) in [7, 11) is 0. The Labute approximate surface area is 149 Å². The maximum Gasteiger partial charge on any atom is 0.336 e. The standard InChI is InChI=1S/C19H18ClNO4/c1-11-6-17(22)25-18-14(11)8-16(20)19-15(18)9-21(10-24-19)12(2)7-13-4-3-5-23-13/h3-6,8,12H,7,9-10H2,1-2H3. The van der Waals surface area contributed by atoms with Gasteiger partial charge >= 0.3 is 5.63 Å². The molecule has 0 fully saturated rings. The van der Waals surface area contributed by atoms with E-state index in [0.717, 1.165) is 28.7 Å². The molecule has 1 aromatic carbocycles. The second-order valence-electron chi connectivity index (χ2n) is 6.44. The molecule has 0 N–H and O–H groups in total. The summed E-state index contributed by atoms with van der Waals surface area (Å²) in [6, 6.07) is 7.32. The van der Waals surface area contributed by atoms with Gasteiger partial charge in [0.05, 0.1) is 16.8 Å². The van der Waals surface area contributed by atoms with Crippen LogP contribution in [0.15, 0.2) is 44.2 Å². The fourth-order valence-electron chi connectivity index (χ4n) is 3.29. The number of benzene rings is 1. The maximum absolute atomic E-state index is 11.8. The van der Waals surface area contributed by atoms with Gasteiger partial charge in [-0.25, -0.2) is 4.79 Å². The molecule has 0 aliphatic carbocycles. The Morgan fingerprint density at radius 2 is 2.20 bits per heavy atom. The number of fused-ring (bicyclic) bond motifs is 3. The van der Waals surface area contributed by atoms with Crippen molar-refractivity contribution in [1.29, 1.82) is 0 Å². The van der Waals surface area contributed by atoms with E-state index in [2.05, 4.69) is 11.8 Å². The van der Waals surface area contributed by atoms with Crippen molar-refractivity contribution in [2.45, 2.75) is 32.9 Å². The van der Waals surface area contributed by atoms with Crippen LogP contribution in [0.4, 0.5) is 0 Å². The molecule has 0 bridgehead atoms. The van der Waals surface area contributed by atoms with Crippen LogP contribution in [0.2, 0.25) is 5.02 Å². The lowest BCUT2D eigenvalue weighted by molar-refractivity contribution is 0.0607. The van der Waals surface area contributed by atoms with Gasteiger partial charge in [-0.2, -0.15) is 0 Å². The summed E-state index contributed by atoms with van der Waals surface area (Å²) >= 11 is 6.40. The molecule has 1 atom stereocenters. The highest BCUT2D eigenvalue weighted by molar-refractivity contribution is 6.33. The number of furan rings is 1. The number of aryl methyl sites for hydroxylation is 1. The van der Waals surface area contributed by atoms with Crippen LogP contribution in [0.1, 0.15) is 23.8 Å². The minimum absolute atomic E-state index is 0.199. The van der Waals surface area contributed by atoms with E-state index in [-0.39, 0.29) is 11.7 Å². The van der Waals surface area contributed by atoms with Gasteiger partial charge in [-0.1, -0.05) is 11.6 Å². The Bertz CT molecular complexity index is 977. The van der Waals surface area contributed by atoms with Gasteiger partial charge in [-0.05, 0) is 37.6 Å². The van der Waals surface area contributed by atoms with E-state index in [1.165, 1.54) is 6.07 Å². The van der Waals surface area contributed by atoms with Crippen LogP contribution >= 0.6 is 11.6 Å². The number of hydrogen-bond donors (Lipinski definition) is 0. The summed E-state index contributed by atoms with van der Waals surface area (Å²) in [5, 5.41) is 1.38. The van der Waals surface area contributed by atoms with E-state index >= 15 is 0 Å². The molecular formula is C19H18ClNO4. The van der Waals surface area contributed by atoms with Crippen molar-refractivity contribution in [2.24, 2.45) is 0 Å². The van der Waals surface area contributed by atoms with Crippen molar-refractivity contribution in [3.05, 3.63) is 62.9 Å². The average molecular weight is 360 g/mol. The minimum Gasteiger partial charge on any atom is -0.476 e. The van der Waals surface area contributed by atoms with Crippen molar-refractivity contribution < 1.29 is 13.6 Å². The van der Waals surface area contributed by atoms with Crippen LogP contribution in [0.25, 0.3) is 11.0 Å². The Kier molecular flexibility index (Phi) is 4.06. The molecule has 0 saturated carbocycles. The van der Waals surface area contributed by atoms with Gasteiger partial charge < -0.3 is 13.6 Å². The summed E-state index contributed by atoms with van der Waals surface area (Å²) in [4.78, 5) is 14.0. The predicted octanol–water partition coefficient (Wildman–Crippen LogP) is 4.13. The van der Waals surface area contributed by atoms with Crippen molar-refractivity contribution >= 4 is 22.6 Å². The molecule has 25 heavy (non-hydrogen) atoms. The van der Waals surface area contributed by atoms with Gasteiger partial charge in [0.15, 0.2) is 0 Å². The van der Waals surface area contributed by atoms with Crippen molar-refractivity contribution in [3.8, 4) is 5.75 Å². The zero-order valence-corrected chi connectivity index (χ0v) is 14.8. The van der Waals surface area contributed by atoms with E-state index in [4.69, 9.17) is 25.2 Å². The highest BCUT2D eigenvalue weighted by Crippen LogP contribution is 2.39. The summed E-state index contributed by atoms with van der Waals surface area (Å²) in [5.41, 5.74) is 1.85. The van der Waals surface area contributed by atoms with Gasteiger partial charge in [-0.15, -0.1) is 0 Å². The second kappa shape index (κ2) is 6.24. The summed E-state index contributed by atoms with van der Waals surface area (Å²) in [6.07, 6.45) is 2.45. The van der Waals surface area contributed by atoms with Crippen LogP contribution in [0.5, 0.6) is 5.75 Å². The van der Waals surface area contributed by atoms with Crippen LogP contribution in [-0.4, -0.2) is 17.7 Å². The first kappa shape index (κ1) is 16.2. The minimum atomic E-state index is -0.365. The van der Waals surface area contributed by atoms with E-state index < -0.39 is 0 Å². The highest BCUT2D eigenvalue weighted by atomic mass is 35.5. The SMILES string of the molecule is Cc1cc(=O)oc2c3c(c(Cl)cc12)OCN(C(C)Cc1ccco1)C3. The Morgan fingerprint density at radius 3 is 2.96 bits per heavy atom. The normalized spacial score (nSPS) is 15.8. The molecule has 1 aliphatic rings. The van der Waals surface area contributed by atoms with E-state index in [1.807, 2.05) is 19.1 Å². The van der Waals surface area contributed by atoms with Crippen molar-refractivity contribution in [1.82, 2.24) is 4.90 Å². The monoisotopic (exact) mass is 359 g/mol. The molecule has 0 saturated heterocycles. The van der Waals surface area contributed by atoms with Gasteiger partial charge in [0.1, 0.15) is 23.8 Å². The number of hydrogen-bond acceptors (Lipinski definition) is 5. The summed E-state index contributed by atoms with van der Waals surface area (Å²) < 4.78 is 16.8. The van der Waals surface area contributed by atoms with Crippen LogP contribution in [0, 0.1) is 6.92 Å². The Balaban J connectivity index is 1.73. The van der Waals surface area contributed by atoms with E-state index in [0.29, 0.717) is 29.6 Å². The van der Waals surface area contributed by atoms with Gasteiger partial charge in [0, 0.05) is 30.5 Å². The van der Waals surface area contributed by atoms with Gasteiger partial charge in [0.2, 0.25) is 0 Å².